The lowest BCUT2D eigenvalue weighted by Crippen LogP contribution is -2.12. The molecule has 0 aliphatic carbocycles. The minimum atomic E-state index is -0.241. The Morgan fingerprint density at radius 3 is 2.59 bits per heavy atom. The number of hydrogen-bond donors (Lipinski definition) is 2. The fraction of sp³-hybridized carbons (Fsp3) is 0.0714. The largest absolute Gasteiger partial charge is 0.399 e. The standard InChI is InChI=1S/C14H12N2O/c15-10-6-7-12-11(8-10)13(14(17)16-12)9-4-2-1-3-5-9/h1-8,13H,15H2,(H,16,17). The fourth-order valence-corrected chi connectivity index (χ4v) is 2.26. The number of anilines is 2. The summed E-state index contributed by atoms with van der Waals surface area (Å²) in [4.78, 5) is 12.0. The quantitative estimate of drug-likeness (QED) is 0.730. The van der Waals surface area contributed by atoms with Crippen LogP contribution in [0.2, 0.25) is 0 Å². The summed E-state index contributed by atoms with van der Waals surface area (Å²) in [6, 6.07) is 15.3. The Balaban J connectivity index is 2.14. The van der Waals surface area contributed by atoms with Crippen LogP contribution < -0.4 is 11.1 Å². The Morgan fingerprint density at radius 1 is 1.06 bits per heavy atom. The maximum Gasteiger partial charge on any atom is 0.236 e. The van der Waals surface area contributed by atoms with Crippen molar-refractivity contribution in [2.24, 2.45) is 0 Å². The van der Waals surface area contributed by atoms with Crippen LogP contribution in [-0.2, 0) is 4.79 Å². The normalized spacial score (nSPS) is 17.6. The molecule has 0 aromatic heterocycles. The minimum absolute atomic E-state index is 0.0109. The molecule has 0 fully saturated rings. The molecule has 0 spiro atoms. The van der Waals surface area contributed by atoms with Crippen LogP contribution in [0.5, 0.6) is 0 Å². The van der Waals surface area contributed by atoms with E-state index in [2.05, 4.69) is 5.32 Å². The Hall–Kier alpha value is -2.29. The lowest BCUT2D eigenvalue weighted by molar-refractivity contribution is -0.116. The van der Waals surface area contributed by atoms with Gasteiger partial charge in [-0.15, -0.1) is 0 Å². The summed E-state index contributed by atoms with van der Waals surface area (Å²) in [6.07, 6.45) is 0. The number of fused-ring (bicyclic) bond motifs is 1. The van der Waals surface area contributed by atoms with E-state index in [1.165, 1.54) is 0 Å². The maximum atomic E-state index is 12.0. The van der Waals surface area contributed by atoms with Crippen LogP contribution in [0.1, 0.15) is 17.0 Å². The summed E-state index contributed by atoms with van der Waals surface area (Å²) in [5, 5.41) is 2.88. The number of benzene rings is 2. The molecule has 17 heavy (non-hydrogen) atoms. The van der Waals surface area contributed by atoms with Gasteiger partial charge in [0.15, 0.2) is 0 Å². The number of nitrogens with one attached hydrogen (secondary N) is 1. The van der Waals surface area contributed by atoms with Gasteiger partial charge in [-0.05, 0) is 29.3 Å². The van der Waals surface area contributed by atoms with Crippen LogP contribution in [0.3, 0.4) is 0 Å². The smallest absolute Gasteiger partial charge is 0.236 e. The number of carbonyl (C=O) groups is 1. The second kappa shape index (κ2) is 3.63. The number of nitrogen functional groups attached to an aromatic ring is 1. The zero-order valence-electron chi connectivity index (χ0n) is 9.18. The van der Waals surface area contributed by atoms with Crippen LogP contribution in [0.4, 0.5) is 11.4 Å². The van der Waals surface area contributed by atoms with Crippen molar-refractivity contribution in [3.63, 3.8) is 0 Å². The van der Waals surface area contributed by atoms with Crippen molar-refractivity contribution in [2.45, 2.75) is 5.92 Å². The van der Waals surface area contributed by atoms with Gasteiger partial charge in [-0.2, -0.15) is 0 Å². The van der Waals surface area contributed by atoms with Crippen LogP contribution >= 0.6 is 0 Å². The monoisotopic (exact) mass is 224 g/mol. The summed E-state index contributed by atoms with van der Waals surface area (Å²) in [5.41, 5.74) is 9.27. The van der Waals surface area contributed by atoms with Gasteiger partial charge in [0.1, 0.15) is 0 Å². The average Bonchev–Trinajstić information content (AvgIpc) is 2.65. The Morgan fingerprint density at radius 2 is 1.82 bits per heavy atom. The second-order valence-electron chi connectivity index (χ2n) is 4.18. The summed E-state index contributed by atoms with van der Waals surface area (Å²) in [5.74, 6) is -0.230. The third-order valence-electron chi connectivity index (χ3n) is 3.04. The van der Waals surface area contributed by atoms with Gasteiger partial charge in [0.2, 0.25) is 5.91 Å². The first-order chi connectivity index (χ1) is 8.25. The highest BCUT2D eigenvalue weighted by molar-refractivity contribution is 6.05. The molecule has 1 atom stereocenters. The number of amides is 1. The first-order valence-electron chi connectivity index (χ1n) is 5.51. The number of nitrogens with two attached hydrogens (primary N) is 1. The Kier molecular flexibility index (Phi) is 2.11. The van der Waals surface area contributed by atoms with Gasteiger partial charge in [0.25, 0.3) is 0 Å². The summed E-state index contributed by atoms with van der Waals surface area (Å²) < 4.78 is 0. The van der Waals surface area contributed by atoms with Gasteiger partial charge in [0, 0.05) is 11.4 Å². The summed E-state index contributed by atoms with van der Waals surface area (Å²) in [7, 11) is 0. The highest BCUT2D eigenvalue weighted by Crippen LogP contribution is 2.37. The average molecular weight is 224 g/mol. The molecule has 1 aliphatic heterocycles. The molecule has 1 unspecified atom stereocenters. The topological polar surface area (TPSA) is 55.1 Å². The van der Waals surface area contributed by atoms with Crippen LogP contribution in [0, 0.1) is 0 Å². The van der Waals surface area contributed by atoms with Gasteiger partial charge < -0.3 is 11.1 Å². The molecule has 1 amide bonds. The van der Waals surface area contributed by atoms with E-state index >= 15 is 0 Å². The molecule has 3 nitrogen and oxygen atoms in total. The second-order valence-corrected chi connectivity index (χ2v) is 4.18. The van der Waals surface area contributed by atoms with E-state index in [0.717, 1.165) is 16.8 Å². The van der Waals surface area contributed by atoms with Crippen molar-refractivity contribution in [1.82, 2.24) is 0 Å². The number of carbonyl (C=O) groups excluding carboxylic acids is 1. The van der Waals surface area contributed by atoms with Gasteiger partial charge in [-0.25, -0.2) is 0 Å². The fourth-order valence-electron chi connectivity index (χ4n) is 2.26. The first kappa shape index (κ1) is 9.90. The van der Waals surface area contributed by atoms with E-state index in [1.807, 2.05) is 42.5 Å². The first-order valence-corrected chi connectivity index (χ1v) is 5.51. The highest BCUT2D eigenvalue weighted by Gasteiger charge is 2.31. The lowest BCUT2D eigenvalue weighted by atomic mass is 9.92. The Bertz CT molecular complexity index is 578. The Labute approximate surface area is 99.3 Å². The molecule has 0 saturated carbocycles. The predicted octanol–water partition coefficient (Wildman–Crippen LogP) is 2.35. The molecular formula is C14H12N2O. The molecule has 84 valence electrons. The zero-order chi connectivity index (χ0) is 11.8. The van der Waals surface area contributed by atoms with E-state index in [4.69, 9.17) is 5.73 Å². The van der Waals surface area contributed by atoms with Gasteiger partial charge in [-0.3, -0.25) is 4.79 Å². The summed E-state index contributed by atoms with van der Waals surface area (Å²) >= 11 is 0. The molecule has 0 radical (unpaired) electrons. The minimum Gasteiger partial charge on any atom is -0.399 e. The SMILES string of the molecule is Nc1ccc2c(c1)C(c1ccccc1)C(=O)N2. The van der Waals surface area contributed by atoms with Gasteiger partial charge in [0.05, 0.1) is 5.92 Å². The lowest BCUT2D eigenvalue weighted by Gasteiger charge is -2.09. The van der Waals surface area contributed by atoms with Crippen molar-refractivity contribution < 1.29 is 4.79 Å². The molecule has 2 aromatic rings. The number of hydrogen-bond acceptors (Lipinski definition) is 2. The molecule has 3 rings (SSSR count). The van der Waals surface area contributed by atoms with Crippen molar-refractivity contribution in [1.29, 1.82) is 0 Å². The third-order valence-corrected chi connectivity index (χ3v) is 3.04. The maximum absolute atomic E-state index is 12.0. The predicted molar refractivity (Wildman–Crippen MR) is 67.8 cm³/mol. The molecule has 3 heteroatoms. The zero-order valence-corrected chi connectivity index (χ0v) is 9.18. The van der Waals surface area contributed by atoms with Crippen LogP contribution in [0.15, 0.2) is 48.5 Å². The van der Waals surface area contributed by atoms with E-state index in [-0.39, 0.29) is 11.8 Å². The molecule has 1 heterocycles. The number of rotatable bonds is 1. The van der Waals surface area contributed by atoms with Crippen molar-refractivity contribution in [3.8, 4) is 0 Å². The molecule has 3 N–H and O–H groups in total. The van der Waals surface area contributed by atoms with Gasteiger partial charge in [-0.1, -0.05) is 30.3 Å². The molecule has 1 aliphatic rings. The van der Waals surface area contributed by atoms with E-state index in [0.29, 0.717) is 5.69 Å². The van der Waals surface area contributed by atoms with E-state index < -0.39 is 0 Å². The van der Waals surface area contributed by atoms with Crippen molar-refractivity contribution in [2.75, 3.05) is 11.1 Å². The molecule has 2 aromatic carbocycles. The third kappa shape index (κ3) is 1.56. The van der Waals surface area contributed by atoms with Crippen molar-refractivity contribution in [3.05, 3.63) is 59.7 Å². The molecule has 0 bridgehead atoms. The highest BCUT2D eigenvalue weighted by atomic mass is 16.2. The van der Waals surface area contributed by atoms with Gasteiger partial charge >= 0.3 is 0 Å². The molecule has 0 saturated heterocycles. The van der Waals surface area contributed by atoms with Crippen molar-refractivity contribution >= 4 is 17.3 Å². The van der Waals surface area contributed by atoms with E-state index in [9.17, 15) is 4.79 Å². The van der Waals surface area contributed by atoms with E-state index in [1.54, 1.807) is 6.07 Å². The van der Waals surface area contributed by atoms with Crippen LogP contribution in [0.25, 0.3) is 0 Å². The van der Waals surface area contributed by atoms with Crippen LogP contribution in [-0.4, -0.2) is 5.91 Å². The summed E-state index contributed by atoms with van der Waals surface area (Å²) in [6.45, 7) is 0. The molecular weight excluding hydrogens is 212 g/mol.